The third-order valence-corrected chi connectivity index (χ3v) is 4.08. The maximum Gasteiger partial charge on any atom is 0.338 e. The highest BCUT2D eigenvalue weighted by molar-refractivity contribution is 14.1. The minimum absolute atomic E-state index is 0.354. The second-order valence-electron chi connectivity index (χ2n) is 5.09. The Labute approximate surface area is 149 Å². The Balaban J connectivity index is 1.93. The summed E-state index contributed by atoms with van der Waals surface area (Å²) in [5, 5.41) is 2.74. The van der Waals surface area contributed by atoms with Crippen molar-refractivity contribution in [1.29, 1.82) is 0 Å². The van der Waals surface area contributed by atoms with E-state index in [9.17, 15) is 9.59 Å². The SMILES string of the molecule is CCc1ccc(NC(=O)[C@H](C)OC(=O)c2ccc(I)cc2)cc1. The van der Waals surface area contributed by atoms with Crippen molar-refractivity contribution in [3.63, 3.8) is 0 Å². The fourth-order valence-electron chi connectivity index (χ4n) is 1.94. The summed E-state index contributed by atoms with van der Waals surface area (Å²) >= 11 is 2.16. The number of amides is 1. The van der Waals surface area contributed by atoms with Gasteiger partial charge in [-0.1, -0.05) is 19.1 Å². The average molecular weight is 423 g/mol. The van der Waals surface area contributed by atoms with Gasteiger partial charge in [-0.2, -0.15) is 0 Å². The number of ether oxygens (including phenoxy) is 1. The van der Waals surface area contributed by atoms with Gasteiger partial charge in [-0.3, -0.25) is 4.79 Å². The van der Waals surface area contributed by atoms with Crippen LogP contribution in [0.4, 0.5) is 5.69 Å². The summed E-state index contributed by atoms with van der Waals surface area (Å²) < 4.78 is 6.23. The molecule has 0 aliphatic rings. The van der Waals surface area contributed by atoms with Crippen LogP contribution in [0, 0.1) is 3.57 Å². The fourth-order valence-corrected chi connectivity index (χ4v) is 2.30. The van der Waals surface area contributed by atoms with Crippen LogP contribution >= 0.6 is 22.6 Å². The molecule has 0 heterocycles. The van der Waals surface area contributed by atoms with Crippen molar-refractivity contribution >= 4 is 40.2 Å². The van der Waals surface area contributed by atoms with Gasteiger partial charge >= 0.3 is 5.97 Å². The molecule has 0 aliphatic carbocycles. The first-order valence-electron chi connectivity index (χ1n) is 7.36. The minimum atomic E-state index is -0.868. The van der Waals surface area contributed by atoms with E-state index in [1.54, 1.807) is 19.1 Å². The first kappa shape index (κ1) is 17.5. The van der Waals surface area contributed by atoms with E-state index in [2.05, 4.69) is 34.8 Å². The van der Waals surface area contributed by atoms with Gasteiger partial charge in [-0.05, 0) is 77.9 Å². The number of nitrogens with one attached hydrogen (secondary N) is 1. The lowest BCUT2D eigenvalue weighted by Crippen LogP contribution is -2.30. The van der Waals surface area contributed by atoms with Crippen LogP contribution in [-0.2, 0) is 16.0 Å². The van der Waals surface area contributed by atoms with E-state index in [1.165, 1.54) is 5.56 Å². The molecule has 5 heteroatoms. The number of benzene rings is 2. The van der Waals surface area contributed by atoms with Crippen LogP contribution in [-0.4, -0.2) is 18.0 Å². The average Bonchev–Trinajstić information content (AvgIpc) is 2.56. The van der Waals surface area contributed by atoms with Gasteiger partial charge in [0.25, 0.3) is 5.91 Å². The molecule has 120 valence electrons. The zero-order valence-corrected chi connectivity index (χ0v) is 15.2. The first-order valence-corrected chi connectivity index (χ1v) is 8.44. The number of halogens is 1. The number of hydrogen-bond acceptors (Lipinski definition) is 3. The van der Waals surface area contributed by atoms with Gasteiger partial charge < -0.3 is 10.1 Å². The largest absolute Gasteiger partial charge is 0.449 e. The fraction of sp³-hybridized carbons (Fsp3) is 0.222. The second kappa shape index (κ2) is 8.10. The van der Waals surface area contributed by atoms with E-state index in [1.807, 2.05) is 36.4 Å². The molecule has 1 N–H and O–H groups in total. The zero-order chi connectivity index (χ0) is 16.8. The van der Waals surface area contributed by atoms with Gasteiger partial charge in [0.2, 0.25) is 0 Å². The van der Waals surface area contributed by atoms with E-state index in [-0.39, 0.29) is 5.91 Å². The van der Waals surface area contributed by atoms with Crippen molar-refractivity contribution < 1.29 is 14.3 Å². The summed E-state index contributed by atoms with van der Waals surface area (Å²) in [6, 6.07) is 14.6. The van der Waals surface area contributed by atoms with Gasteiger partial charge in [-0.15, -0.1) is 0 Å². The molecule has 1 atom stereocenters. The highest BCUT2D eigenvalue weighted by Crippen LogP contribution is 2.12. The van der Waals surface area contributed by atoms with E-state index in [4.69, 9.17) is 4.74 Å². The van der Waals surface area contributed by atoms with Gasteiger partial charge in [0, 0.05) is 9.26 Å². The predicted octanol–water partition coefficient (Wildman–Crippen LogP) is 4.04. The molecule has 0 radical (unpaired) electrons. The third-order valence-electron chi connectivity index (χ3n) is 3.36. The van der Waals surface area contributed by atoms with Crippen molar-refractivity contribution in [2.45, 2.75) is 26.4 Å². The van der Waals surface area contributed by atoms with E-state index >= 15 is 0 Å². The third kappa shape index (κ3) is 5.06. The molecule has 23 heavy (non-hydrogen) atoms. The Morgan fingerprint density at radius 1 is 1.09 bits per heavy atom. The molecule has 0 fully saturated rings. The quantitative estimate of drug-likeness (QED) is 0.584. The second-order valence-corrected chi connectivity index (χ2v) is 6.34. The van der Waals surface area contributed by atoms with Crippen LogP contribution in [0.3, 0.4) is 0 Å². The van der Waals surface area contributed by atoms with Crippen molar-refractivity contribution in [1.82, 2.24) is 0 Å². The molecule has 0 aromatic heterocycles. The Morgan fingerprint density at radius 3 is 2.26 bits per heavy atom. The maximum absolute atomic E-state index is 12.1. The monoisotopic (exact) mass is 423 g/mol. The molecular formula is C18H18INO3. The lowest BCUT2D eigenvalue weighted by Gasteiger charge is -2.14. The summed E-state index contributed by atoms with van der Waals surface area (Å²) in [6.45, 7) is 3.63. The Hall–Kier alpha value is -1.89. The van der Waals surface area contributed by atoms with Gasteiger partial charge in [0.05, 0.1) is 5.56 Å². The molecule has 0 saturated heterocycles. The van der Waals surface area contributed by atoms with Gasteiger partial charge in [0.15, 0.2) is 6.10 Å². The number of hydrogen-bond donors (Lipinski definition) is 1. The molecule has 1 amide bonds. The van der Waals surface area contributed by atoms with E-state index in [0.717, 1.165) is 9.99 Å². The molecule has 2 aromatic carbocycles. The van der Waals surface area contributed by atoms with Crippen LogP contribution in [0.5, 0.6) is 0 Å². The highest BCUT2D eigenvalue weighted by atomic mass is 127. The minimum Gasteiger partial charge on any atom is -0.449 e. The first-order chi connectivity index (χ1) is 11.0. The smallest absolute Gasteiger partial charge is 0.338 e. The zero-order valence-electron chi connectivity index (χ0n) is 13.0. The molecule has 0 bridgehead atoms. The normalized spacial score (nSPS) is 11.6. The molecule has 0 spiro atoms. The summed E-state index contributed by atoms with van der Waals surface area (Å²) in [4.78, 5) is 24.1. The summed E-state index contributed by atoms with van der Waals surface area (Å²) in [5.74, 6) is -0.863. The lowest BCUT2D eigenvalue weighted by atomic mass is 10.1. The number of carbonyl (C=O) groups is 2. The van der Waals surface area contributed by atoms with Gasteiger partial charge in [0.1, 0.15) is 0 Å². The molecule has 0 aliphatic heterocycles. The summed E-state index contributed by atoms with van der Waals surface area (Å²) in [5.41, 5.74) is 2.31. The van der Waals surface area contributed by atoms with Crippen molar-refractivity contribution in [3.8, 4) is 0 Å². The maximum atomic E-state index is 12.1. The Bertz CT molecular complexity index is 680. The lowest BCUT2D eigenvalue weighted by molar-refractivity contribution is -0.123. The van der Waals surface area contributed by atoms with Crippen molar-refractivity contribution in [3.05, 3.63) is 63.2 Å². The number of rotatable bonds is 5. The molecule has 2 rings (SSSR count). The standard InChI is InChI=1S/C18H18INO3/c1-3-13-4-10-16(11-5-13)20-17(21)12(2)23-18(22)14-6-8-15(19)9-7-14/h4-12H,3H2,1-2H3,(H,20,21)/t12-/m0/s1. The summed E-state index contributed by atoms with van der Waals surface area (Å²) in [7, 11) is 0. The van der Waals surface area contributed by atoms with Crippen LogP contribution in [0.2, 0.25) is 0 Å². The van der Waals surface area contributed by atoms with Crippen LogP contribution in [0.25, 0.3) is 0 Å². The number of esters is 1. The number of aryl methyl sites for hydroxylation is 1. The molecule has 0 unspecified atom stereocenters. The molecule has 0 saturated carbocycles. The Kier molecular flexibility index (Phi) is 6.15. The van der Waals surface area contributed by atoms with Crippen molar-refractivity contribution in [2.24, 2.45) is 0 Å². The highest BCUT2D eigenvalue weighted by Gasteiger charge is 2.19. The van der Waals surface area contributed by atoms with E-state index < -0.39 is 12.1 Å². The Morgan fingerprint density at radius 2 is 1.70 bits per heavy atom. The van der Waals surface area contributed by atoms with Gasteiger partial charge in [-0.25, -0.2) is 4.79 Å². The molecule has 4 nitrogen and oxygen atoms in total. The summed E-state index contributed by atoms with van der Waals surface area (Å²) in [6.07, 6.45) is 0.0748. The van der Waals surface area contributed by atoms with Crippen LogP contribution in [0.1, 0.15) is 29.8 Å². The number of anilines is 1. The topological polar surface area (TPSA) is 55.4 Å². The predicted molar refractivity (Wildman–Crippen MR) is 98.5 cm³/mol. The van der Waals surface area contributed by atoms with Crippen LogP contribution < -0.4 is 5.32 Å². The van der Waals surface area contributed by atoms with E-state index in [0.29, 0.717) is 11.3 Å². The van der Waals surface area contributed by atoms with Crippen LogP contribution in [0.15, 0.2) is 48.5 Å². The number of carbonyl (C=O) groups excluding carboxylic acids is 2. The molecular weight excluding hydrogens is 405 g/mol. The van der Waals surface area contributed by atoms with Crippen molar-refractivity contribution in [2.75, 3.05) is 5.32 Å². The molecule has 2 aromatic rings.